The van der Waals surface area contributed by atoms with E-state index in [1.807, 2.05) is 11.8 Å². The highest BCUT2D eigenvalue weighted by atomic mass is 28.1. The summed E-state index contributed by atoms with van der Waals surface area (Å²) >= 11 is 0. The first-order valence-electron chi connectivity index (χ1n) is 3.19. The van der Waals surface area contributed by atoms with Gasteiger partial charge in [0.05, 0.1) is 0 Å². The summed E-state index contributed by atoms with van der Waals surface area (Å²) in [6.07, 6.45) is 4.41. The standard InChI is InChI=1S/C7H12O2Si/c1-6(7(8)9)4-2-3-5-10/h3-5H,2H2,1,10H3,(H,8,9). The van der Waals surface area contributed by atoms with Gasteiger partial charge in [-0.1, -0.05) is 12.2 Å². The molecule has 0 bridgehead atoms. The zero-order valence-electron chi connectivity index (χ0n) is 6.29. The molecule has 0 saturated heterocycles. The van der Waals surface area contributed by atoms with E-state index in [9.17, 15) is 4.79 Å². The summed E-state index contributed by atoms with van der Waals surface area (Å²) in [7, 11) is 1.04. The van der Waals surface area contributed by atoms with Gasteiger partial charge in [-0.2, -0.15) is 0 Å². The van der Waals surface area contributed by atoms with Gasteiger partial charge in [-0.05, 0) is 13.3 Å². The quantitative estimate of drug-likeness (QED) is 0.471. The molecular weight excluding hydrogens is 144 g/mol. The minimum absolute atomic E-state index is 0.416. The van der Waals surface area contributed by atoms with Crippen molar-refractivity contribution in [2.75, 3.05) is 0 Å². The molecule has 0 spiro atoms. The zero-order valence-corrected chi connectivity index (χ0v) is 8.29. The van der Waals surface area contributed by atoms with E-state index in [1.165, 1.54) is 0 Å². The Morgan fingerprint density at radius 1 is 1.70 bits per heavy atom. The number of carboxylic acid groups (broad SMARTS) is 1. The lowest BCUT2D eigenvalue weighted by Crippen LogP contribution is -1.94. The van der Waals surface area contributed by atoms with Crippen molar-refractivity contribution in [2.45, 2.75) is 13.3 Å². The lowest BCUT2D eigenvalue weighted by molar-refractivity contribution is -0.132. The molecule has 0 aliphatic rings. The maximum absolute atomic E-state index is 10.2. The van der Waals surface area contributed by atoms with Gasteiger partial charge in [0.25, 0.3) is 0 Å². The molecule has 56 valence electrons. The minimum Gasteiger partial charge on any atom is -0.478 e. The van der Waals surface area contributed by atoms with Crippen LogP contribution < -0.4 is 0 Å². The second-order valence-electron chi connectivity index (χ2n) is 2.00. The Morgan fingerprint density at radius 3 is 2.70 bits per heavy atom. The van der Waals surface area contributed by atoms with Crippen LogP contribution in [0.25, 0.3) is 0 Å². The molecule has 0 atom stereocenters. The number of carbonyl (C=O) groups is 1. The van der Waals surface area contributed by atoms with Crippen molar-refractivity contribution in [1.82, 2.24) is 0 Å². The maximum atomic E-state index is 10.2. The van der Waals surface area contributed by atoms with E-state index in [0.29, 0.717) is 5.57 Å². The number of allylic oxidation sites excluding steroid dienone is 2. The van der Waals surface area contributed by atoms with Gasteiger partial charge >= 0.3 is 5.97 Å². The van der Waals surface area contributed by atoms with Crippen LogP contribution in [0, 0.1) is 0 Å². The first kappa shape index (κ1) is 9.17. The Labute approximate surface area is 63.7 Å². The summed E-state index contributed by atoms with van der Waals surface area (Å²) < 4.78 is 0. The molecule has 10 heavy (non-hydrogen) atoms. The molecule has 0 saturated carbocycles. The largest absolute Gasteiger partial charge is 0.478 e. The summed E-state index contributed by atoms with van der Waals surface area (Å²) in [5.41, 5.74) is 2.45. The third-order valence-electron chi connectivity index (χ3n) is 1.13. The van der Waals surface area contributed by atoms with Crippen LogP contribution >= 0.6 is 0 Å². The third kappa shape index (κ3) is 4.09. The van der Waals surface area contributed by atoms with Crippen LogP contribution in [-0.4, -0.2) is 21.3 Å². The molecule has 1 N–H and O–H groups in total. The van der Waals surface area contributed by atoms with Gasteiger partial charge in [-0.15, -0.1) is 5.70 Å². The Kier molecular flexibility index (Phi) is 4.58. The van der Waals surface area contributed by atoms with Crippen LogP contribution in [0.4, 0.5) is 0 Å². The van der Waals surface area contributed by atoms with Crippen molar-refractivity contribution in [1.29, 1.82) is 0 Å². The number of aliphatic carboxylic acids is 1. The number of hydrogen-bond donors (Lipinski definition) is 1. The Balaban J connectivity index is 3.80. The first-order valence-corrected chi connectivity index (χ1v) is 4.35. The molecular formula is C7H12O2Si. The van der Waals surface area contributed by atoms with Gasteiger partial charge in [0.2, 0.25) is 0 Å². The molecule has 0 fully saturated rings. The highest BCUT2D eigenvalue weighted by Gasteiger charge is 1.95. The Bertz CT molecular complexity index is 170. The van der Waals surface area contributed by atoms with E-state index in [4.69, 9.17) is 5.11 Å². The average Bonchev–Trinajstić information content (AvgIpc) is 1.88. The van der Waals surface area contributed by atoms with E-state index in [2.05, 4.69) is 0 Å². The fraction of sp³-hybridized carbons (Fsp3) is 0.286. The topological polar surface area (TPSA) is 37.3 Å². The smallest absolute Gasteiger partial charge is 0.330 e. The molecule has 0 rings (SSSR count). The van der Waals surface area contributed by atoms with Crippen LogP contribution in [0.5, 0.6) is 0 Å². The van der Waals surface area contributed by atoms with E-state index in [1.54, 1.807) is 13.0 Å². The SMILES string of the molecule is CC(=CCC=C[SiH3])C(=O)O. The summed E-state index contributed by atoms with van der Waals surface area (Å²) in [5, 5.41) is 8.40. The monoisotopic (exact) mass is 156 g/mol. The Hall–Kier alpha value is -0.833. The predicted octanol–water partition coefficient (Wildman–Crippen LogP) is 0.287. The van der Waals surface area contributed by atoms with Crippen LogP contribution in [-0.2, 0) is 4.79 Å². The van der Waals surface area contributed by atoms with Crippen molar-refractivity contribution in [3.05, 3.63) is 23.4 Å². The van der Waals surface area contributed by atoms with E-state index >= 15 is 0 Å². The normalized spacial score (nSPS) is 12.7. The van der Waals surface area contributed by atoms with Gasteiger partial charge in [-0.3, -0.25) is 0 Å². The van der Waals surface area contributed by atoms with Crippen LogP contribution in [0.15, 0.2) is 23.4 Å². The van der Waals surface area contributed by atoms with Crippen LogP contribution in [0.3, 0.4) is 0 Å². The predicted molar refractivity (Wildman–Crippen MR) is 45.1 cm³/mol. The van der Waals surface area contributed by atoms with E-state index < -0.39 is 5.97 Å². The van der Waals surface area contributed by atoms with Crippen molar-refractivity contribution in [3.8, 4) is 0 Å². The number of hydrogen-bond acceptors (Lipinski definition) is 1. The fourth-order valence-electron chi connectivity index (χ4n) is 0.468. The highest BCUT2D eigenvalue weighted by molar-refractivity contribution is 6.16. The van der Waals surface area contributed by atoms with Crippen LogP contribution in [0.2, 0.25) is 0 Å². The van der Waals surface area contributed by atoms with Gasteiger partial charge in [-0.25, -0.2) is 4.79 Å². The zero-order chi connectivity index (χ0) is 7.98. The molecule has 0 aliphatic carbocycles. The maximum Gasteiger partial charge on any atom is 0.330 e. The molecule has 2 nitrogen and oxygen atoms in total. The van der Waals surface area contributed by atoms with Gasteiger partial charge in [0.15, 0.2) is 0 Å². The first-order chi connectivity index (χ1) is 4.68. The van der Waals surface area contributed by atoms with Crippen molar-refractivity contribution >= 4 is 16.2 Å². The minimum atomic E-state index is -0.832. The second kappa shape index (κ2) is 4.99. The fourth-order valence-corrected chi connectivity index (χ4v) is 0.740. The lowest BCUT2D eigenvalue weighted by Gasteiger charge is -1.88. The van der Waals surface area contributed by atoms with Crippen molar-refractivity contribution in [3.63, 3.8) is 0 Å². The number of carboxylic acids is 1. The van der Waals surface area contributed by atoms with Crippen LogP contribution in [0.1, 0.15) is 13.3 Å². The molecule has 3 heteroatoms. The average molecular weight is 156 g/mol. The Morgan fingerprint density at radius 2 is 2.30 bits per heavy atom. The molecule has 0 heterocycles. The van der Waals surface area contributed by atoms with Gasteiger partial charge in [0, 0.05) is 15.8 Å². The van der Waals surface area contributed by atoms with Crippen molar-refractivity contribution < 1.29 is 9.90 Å². The molecule has 0 radical (unpaired) electrons. The highest BCUT2D eigenvalue weighted by Crippen LogP contribution is 1.95. The van der Waals surface area contributed by atoms with E-state index in [-0.39, 0.29) is 0 Å². The summed E-state index contributed by atoms with van der Waals surface area (Å²) in [6.45, 7) is 1.60. The van der Waals surface area contributed by atoms with Gasteiger partial charge < -0.3 is 5.11 Å². The summed E-state index contributed by atoms with van der Waals surface area (Å²) in [4.78, 5) is 10.2. The molecule has 0 aliphatic heterocycles. The molecule has 0 unspecified atom stereocenters. The lowest BCUT2D eigenvalue weighted by atomic mass is 10.2. The van der Waals surface area contributed by atoms with Gasteiger partial charge in [0.1, 0.15) is 0 Å². The number of rotatable bonds is 3. The van der Waals surface area contributed by atoms with Crippen molar-refractivity contribution in [2.24, 2.45) is 0 Å². The second-order valence-corrected chi connectivity index (χ2v) is 2.66. The molecule has 0 aromatic heterocycles. The van der Waals surface area contributed by atoms with E-state index in [0.717, 1.165) is 16.7 Å². The third-order valence-corrected chi connectivity index (χ3v) is 1.60. The molecule has 0 aromatic carbocycles. The summed E-state index contributed by atoms with van der Waals surface area (Å²) in [6, 6.07) is 0. The summed E-state index contributed by atoms with van der Waals surface area (Å²) in [5.74, 6) is -0.832. The molecule has 0 amide bonds. The molecule has 0 aromatic rings.